The summed E-state index contributed by atoms with van der Waals surface area (Å²) in [4.78, 5) is 11.9. The monoisotopic (exact) mass is 380 g/mol. The number of carbonyl (C=O) groups is 1. The molecule has 25 heavy (non-hydrogen) atoms. The lowest BCUT2D eigenvalue weighted by Crippen LogP contribution is -2.31. The highest BCUT2D eigenvalue weighted by Crippen LogP contribution is 2.15. The van der Waals surface area contributed by atoms with E-state index in [0.29, 0.717) is 11.6 Å². The van der Waals surface area contributed by atoms with Gasteiger partial charge in [-0.1, -0.05) is 48.0 Å². The molecule has 134 valence electrons. The van der Waals surface area contributed by atoms with Crippen molar-refractivity contribution in [2.24, 2.45) is 0 Å². The number of hydrogen-bond donors (Lipinski definition) is 2. The van der Waals surface area contributed by atoms with Crippen LogP contribution in [0.2, 0.25) is 5.02 Å². The minimum absolute atomic E-state index is 0.0410. The summed E-state index contributed by atoms with van der Waals surface area (Å²) in [5.41, 5.74) is 1.23. The van der Waals surface area contributed by atoms with Crippen molar-refractivity contribution >= 4 is 27.5 Å². The number of benzene rings is 2. The van der Waals surface area contributed by atoms with Crippen LogP contribution in [0.25, 0.3) is 0 Å². The summed E-state index contributed by atoms with van der Waals surface area (Å²) in [5.74, 6) is -0.179. The van der Waals surface area contributed by atoms with Crippen LogP contribution >= 0.6 is 11.6 Å². The van der Waals surface area contributed by atoms with Gasteiger partial charge in [0.15, 0.2) is 0 Å². The average Bonchev–Trinajstić information content (AvgIpc) is 2.59. The maximum absolute atomic E-state index is 12.1. The number of sulfonamides is 1. The Morgan fingerprint density at radius 1 is 1.00 bits per heavy atom. The highest BCUT2D eigenvalue weighted by molar-refractivity contribution is 7.89. The first kappa shape index (κ1) is 19.4. The molecule has 0 atom stereocenters. The number of aryl methyl sites for hydroxylation is 1. The smallest absolute Gasteiger partial charge is 0.240 e. The van der Waals surface area contributed by atoms with Gasteiger partial charge in [-0.2, -0.15) is 0 Å². The van der Waals surface area contributed by atoms with Crippen LogP contribution in [0.3, 0.4) is 0 Å². The van der Waals surface area contributed by atoms with Gasteiger partial charge in [0.25, 0.3) is 0 Å². The standard InChI is InChI=1S/C18H21ClN2O3S/c19-16-9-4-10-17(14-16)25(23,24)21-13-11-18(22)20-12-5-8-15-6-2-1-3-7-15/h1-4,6-7,9-10,14,21H,5,8,11-13H2,(H,20,22). The first-order valence-corrected chi connectivity index (χ1v) is 9.89. The Hall–Kier alpha value is -1.89. The molecular weight excluding hydrogens is 360 g/mol. The Morgan fingerprint density at radius 3 is 2.48 bits per heavy atom. The Kier molecular flexibility index (Phi) is 7.43. The summed E-state index contributed by atoms with van der Waals surface area (Å²) in [7, 11) is -3.65. The fourth-order valence-corrected chi connectivity index (χ4v) is 3.60. The van der Waals surface area contributed by atoms with E-state index < -0.39 is 10.0 Å². The molecule has 0 spiro atoms. The van der Waals surface area contributed by atoms with Gasteiger partial charge in [0, 0.05) is 24.5 Å². The largest absolute Gasteiger partial charge is 0.356 e. The third-order valence-electron chi connectivity index (χ3n) is 3.56. The van der Waals surface area contributed by atoms with Gasteiger partial charge >= 0.3 is 0 Å². The van der Waals surface area contributed by atoms with E-state index in [0.717, 1.165) is 12.8 Å². The van der Waals surface area contributed by atoms with Crippen molar-refractivity contribution in [3.63, 3.8) is 0 Å². The van der Waals surface area contributed by atoms with Crippen LogP contribution in [0.5, 0.6) is 0 Å². The van der Waals surface area contributed by atoms with E-state index in [2.05, 4.69) is 10.0 Å². The third kappa shape index (κ3) is 6.86. The van der Waals surface area contributed by atoms with Crippen molar-refractivity contribution in [1.82, 2.24) is 10.0 Å². The van der Waals surface area contributed by atoms with Crippen LogP contribution < -0.4 is 10.0 Å². The maximum atomic E-state index is 12.1. The first-order chi connectivity index (χ1) is 12.0. The van der Waals surface area contributed by atoms with Gasteiger partial charge in [0.1, 0.15) is 0 Å². The van der Waals surface area contributed by atoms with E-state index in [-0.39, 0.29) is 23.8 Å². The van der Waals surface area contributed by atoms with Crippen molar-refractivity contribution in [1.29, 1.82) is 0 Å². The summed E-state index contributed by atoms with van der Waals surface area (Å²) in [6, 6.07) is 16.0. The molecule has 0 heterocycles. The van der Waals surface area contributed by atoms with E-state index >= 15 is 0 Å². The molecule has 2 N–H and O–H groups in total. The second-order valence-corrected chi connectivity index (χ2v) is 7.75. The molecule has 2 aromatic carbocycles. The fraction of sp³-hybridized carbons (Fsp3) is 0.278. The van der Waals surface area contributed by atoms with Crippen LogP contribution in [0.1, 0.15) is 18.4 Å². The molecule has 2 rings (SSSR count). The summed E-state index contributed by atoms with van der Waals surface area (Å²) < 4.78 is 26.6. The predicted molar refractivity (Wildman–Crippen MR) is 99.0 cm³/mol. The van der Waals surface area contributed by atoms with Gasteiger partial charge in [0.05, 0.1) is 4.90 Å². The second-order valence-electron chi connectivity index (χ2n) is 5.54. The number of carbonyl (C=O) groups excluding carboxylic acids is 1. The molecule has 0 saturated carbocycles. The molecule has 1 amide bonds. The molecule has 0 radical (unpaired) electrons. The lowest BCUT2D eigenvalue weighted by atomic mass is 10.1. The number of halogens is 1. The maximum Gasteiger partial charge on any atom is 0.240 e. The normalized spacial score (nSPS) is 11.2. The lowest BCUT2D eigenvalue weighted by Gasteiger charge is -2.08. The third-order valence-corrected chi connectivity index (χ3v) is 5.25. The van der Waals surface area contributed by atoms with Crippen molar-refractivity contribution < 1.29 is 13.2 Å². The minimum Gasteiger partial charge on any atom is -0.356 e. The van der Waals surface area contributed by atoms with Crippen molar-refractivity contribution in [3.05, 3.63) is 65.2 Å². The van der Waals surface area contributed by atoms with E-state index in [4.69, 9.17) is 11.6 Å². The van der Waals surface area contributed by atoms with Gasteiger partial charge in [-0.05, 0) is 36.6 Å². The lowest BCUT2D eigenvalue weighted by molar-refractivity contribution is -0.120. The van der Waals surface area contributed by atoms with Crippen molar-refractivity contribution in [3.8, 4) is 0 Å². The molecule has 0 bridgehead atoms. The SMILES string of the molecule is O=C(CCNS(=O)(=O)c1cccc(Cl)c1)NCCCc1ccccc1. The number of rotatable bonds is 9. The number of amides is 1. The molecule has 2 aromatic rings. The molecular formula is C18H21ClN2O3S. The summed E-state index contributed by atoms with van der Waals surface area (Å²) in [6.07, 6.45) is 1.82. The van der Waals surface area contributed by atoms with Crippen LogP contribution in [-0.4, -0.2) is 27.4 Å². The molecule has 0 aliphatic rings. The van der Waals surface area contributed by atoms with E-state index in [1.165, 1.54) is 17.7 Å². The summed E-state index contributed by atoms with van der Waals surface area (Å²) >= 11 is 5.79. The van der Waals surface area contributed by atoms with Gasteiger partial charge < -0.3 is 5.32 Å². The van der Waals surface area contributed by atoms with Crippen LogP contribution in [0.4, 0.5) is 0 Å². The average molecular weight is 381 g/mol. The van der Waals surface area contributed by atoms with Crippen LogP contribution in [-0.2, 0) is 21.2 Å². The van der Waals surface area contributed by atoms with Gasteiger partial charge in [-0.15, -0.1) is 0 Å². The van der Waals surface area contributed by atoms with Gasteiger partial charge in [-0.25, -0.2) is 13.1 Å². The van der Waals surface area contributed by atoms with Crippen LogP contribution in [0.15, 0.2) is 59.5 Å². The Morgan fingerprint density at radius 2 is 1.76 bits per heavy atom. The quantitative estimate of drug-likeness (QED) is 0.657. The second kappa shape index (κ2) is 9.56. The Balaban J connectivity index is 1.66. The number of hydrogen-bond acceptors (Lipinski definition) is 3. The Bertz CT molecular complexity index is 795. The fourth-order valence-electron chi connectivity index (χ4n) is 2.27. The zero-order chi connectivity index (χ0) is 18.1. The molecule has 0 unspecified atom stereocenters. The molecule has 7 heteroatoms. The van der Waals surface area contributed by atoms with Gasteiger partial charge in [-0.3, -0.25) is 4.79 Å². The molecule has 5 nitrogen and oxygen atoms in total. The van der Waals surface area contributed by atoms with E-state index in [9.17, 15) is 13.2 Å². The molecule has 0 saturated heterocycles. The van der Waals surface area contributed by atoms with E-state index in [1.54, 1.807) is 12.1 Å². The highest BCUT2D eigenvalue weighted by atomic mass is 35.5. The summed E-state index contributed by atoms with van der Waals surface area (Å²) in [5, 5.41) is 3.14. The molecule has 0 aliphatic heterocycles. The highest BCUT2D eigenvalue weighted by Gasteiger charge is 2.14. The minimum atomic E-state index is -3.65. The molecule has 0 aliphatic carbocycles. The number of nitrogens with one attached hydrogen (secondary N) is 2. The topological polar surface area (TPSA) is 75.3 Å². The van der Waals surface area contributed by atoms with Crippen molar-refractivity contribution in [2.75, 3.05) is 13.1 Å². The van der Waals surface area contributed by atoms with Crippen LogP contribution in [0, 0.1) is 0 Å². The summed E-state index contributed by atoms with van der Waals surface area (Å²) in [6.45, 7) is 0.605. The zero-order valence-electron chi connectivity index (χ0n) is 13.7. The zero-order valence-corrected chi connectivity index (χ0v) is 15.3. The molecule has 0 aromatic heterocycles. The predicted octanol–water partition coefficient (Wildman–Crippen LogP) is 2.76. The van der Waals surface area contributed by atoms with Gasteiger partial charge in [0.2, 0.25) is 15.9 Å². The van der Waals surface area contributed by atoms with Crippen molar-refractivity contribution in [2.45, 2.75) is 24.2 Å². The first-order valence-electron chi connectivity index (χ1n) is 8.03. The van der Waals surface area contributed by atoms with E-state index in [1.807, 2.05) is 30.3 Å². The Labute approximate surface area is 153 Å². The molecule has 0 fully saturated rings.